The summed E-state index contributed by atoms with van der Waals surface area (Å²) in [7, 11) is 0. The molecule has 0 unspecified atom stereocenters. The highest BCUT2D eigenvalue weighted by molar-refractivity contribution is 9.09. The maximum atomic E-state index is 5.68. The molecule has 0 spiro atoms. The Hall–Kier alpha value is -0.760. The van der Waals surface area contributed by atoms with E-state index in [1.54, 1.807) is 0 Å². The van der Waals surface area contributed by atoms with Crippen molar-refractivity contribution >= 4 is 27.7 Å². The van der Waals surface area contributed by atoms with Crippen LogP contribution in [0.2, 0.25) is 0 Å². The Bertz CT molecular complexity index is 292. The number of rotatable bonds is 2. The number of benzene rings is 1. The highest BCUT2D eigenvalue weighted by Gasteiger charge is 1.92. The van der Waals surface area contributed by atoms with Gasteiger partial charge in [-0.1, -0.05) is 40.2 Å². The molecule has 0 radical (unpaired) electrons. The molecule has 0 aliphatic heterocycles. The first-order valence-corrected chi connectivity index (χ1v) is 4.95. The van der Waals surface area contributed by atoms with E-state index in [-0.39, 0.29) is 0 Å². The van der Waals surface area contributed by atoms with Crippen LogP contribution in [0.15, 0.2) is 24.3 Å². The van der Waals surface area contributed by atoms with E-state index in [1.165, 1.54) is 5.56 Å². The van der Waals surface area contributed by atoms with Gasteiger partial charge >= 0.3 is 0 Å². The van der Waals surface area contributed by atoms with Crippen molar-refractivity contribution < 1.29 is 0 Å². The first-order valence-electron chi connectivity index (χ1n) is 3.82. The maximum Gasteiger partial charge on any atom is 0.0344 e. The Balaban J connectivity index is 2.89. The molecular weight excluding hydrogens is 214 g/mol. The molecule has 0 aliphatic carbocycles. The van der Waals surface area contributed by atoms with Crippen LogP contribution in [0.25, 0.3) is 6.08 Å². The standard InChI is InChI=1S/C10H12BrN/c1-8-7-9(3-2-6-11)4-5-10(8)12/h2-5,7H,6,12H2,1H3. The Labute approximate surface area is 81.4 Å². The van der Waals surface area contributed by atoms with E-state index in [0.717, 1.165) is 16.6 Å². The van der Waals surface area contributed by atoms with Crippen molar-refractivity contribution in [2.75, 3.05) is 11.1 Å². The van der Waals surface area contributed by atoms with Crippen molar-refractivity contribution in [3.05, 3.63) is 35.4 Å². The van der Waals surface area contributed by atoms with Gasteiger partial charge in [-0.15, -0.1) is 0 Å². The van der Waals surface area contributed by atoms with Gasteiger partial charge in [0.15, 0.2) is 0 Å². The third-order valence-electron chi connectivity index (χ3n) is 1.69. The lowest BCUT2D eigenvalue weighted by Crippen LogP contribution is -1.88. The quantitative estimate of drug-likeness (QED) is 0.608. The summed E-state index contributed by atoms with van der Waals surface area (Å²) in [5, 5.41) is 0.885. The van der Waals surface area contributed by atoms with Crippen LogP contribution >= 0.6 is 15.9 Å². The van der Waals surface area contributed by atoms with Gasteiger partial charge < -0.3 is 5.73 Å². The number of alkyl halides is 1. The van der Waals surface area contributed by atoms with Gasteiger partial charge in [-0.2, -0.15) is 0 Å². The number of anilines is 1. The molecule has 2 N–H and O–H groups in total. The fraction of sp³-hybridized carbons (Fsp3) is 0.200. The van der Waals surface area contributed by atoms with Crippen molar-refractivity contribution in [2.24, 2.45) is 0 Å². The van der Waals surface area contributed by atoms with Gasteiger partial charge in [0.05, 0.1) is 0 Å². The van der Waals surface area contributed by atoms with E-state index >= 15 is 0 Å². The van der Waals surface area contributed by atoms with Gasteiger partial charge in [0.2, 0.25) is 0 Å². The summed E-state index contributed by atoms with van der Waals surface area (Å²) in [6, 6.07) is 6.03. The van der Waals surface area contributed by atoms with E-state index in [0.29, 0.717) is 0 Å². The van der Waals surface area contributed by atoms with Crippen LogP contribution in [0, 0.1) is 6.92 Å². The first kappa shape index (κ1) is 9.33. The molecule has 0 atom stereocenters. The van der Waals surface area contributed by atoms with Crippen LogP contribution in [-0.2, 0) is 0 Å². The van der Waals surface area contributed by atoms with Crippen LogP contribution < -0.4 is 5.73 Å². The van der Waals surface area contributed by atoms with Crippen molar-refractivity contribution in [1.29, 1.82) is 0 Å². The lowest BCUT2D eigenvalue weighted by molar-refractivity contribution is 1.46. The number of allylic oxidation sites excluding steroid dienone is 1. The second-order valence-corrected chi connectivity index (χ2v) is 3.32. The normalized spacial score (nSPS) is 10.8. The fourth-order valence-corrected chi connectivity index (χ4v) is 1.17. The highest BCUT2D eigenvalue weighted by atomic mass is 79.9. The summed E-state index contributed by atoms with van der Waals surface area (Å²) in [5.74, 6) is 0. The molecule has 1 nitrogen and oxygen atoms in total. The molecule has 2 heteroatoms. The predicted octanol–water partition coefficient (Wildman–Crippen LogP) is 2.99. The first-order chi connectivity index (χ1) is 5.74. The molecule has 1 rings (SSSR count). The number of nitrogen functional groups attached to an aromatic ring is 1. The van der Waals surface area contributed by atoms with Crippen LogP contribution in [0.3, 0.4) is 0 Å². The van der Waals surface area contributed by atoms with Gasteiger partial charge in [0, 0.05) is 11.0 Å². The van der Waals surface area contributed by atoms with Gasteiger partial charge in [-0.3, -0.25) is 0 Å². The Morgan fingerprint density at radius 1 is 1.50 bits per heavy atom. The predicted molar refractivity (Wildman–Crippen MR) is 58.4 cm³/mol. The van der Waals surface area contributed by atoms with E-state index < -0.39 is 0 Å². The SMILES string of the molecule is Cc1cc(C=CCBr)ccc1N. The molecule has 0 bridgehead atoms. The summed E-state index contributed by atoms with van der Waals surface area (Å²) in [6.07, 6.45) is 4.13. The molecule has 0 aromatic heterocycles. The van der Waals surface area contributed by atoms with Gasteiger partial charge in [-0.05, 0) is 24.1 Å². The largest absolute Gasteiger partial charge is 0.399 e. The molecule has 64 valence electrons. The average Bonchev–Trinajstić information content (AvgIpc) is 2.07. The fourth-order valence-electron chi connectivity index (χ4n) is 0.983. The summed E-state index contributed by atoms with van der Waals surface area (Å²) < 4.78 is 0. The van der Waals surface area contributed by atoms with E-state index in [9.17, 15) is 0 Å². The average molecular weight is 226 g/mol. The van der Waals surface area contributed by atoms with Crippen LogP contribution in [0.5, 0.6) is 0 Å². The molecule has 0 aliphatic rings. The van der Waals surface area contributed by atoms with Gasteiger partial charge in [0.25, 0.3) is 0 Å². The molecule has 0 saturated heterocycles. The van der Waals surface area contributed by atoms with Crippen molar-refractivity contribution in [1.82, 2.24) is 0 Å². The summed E-state index contributed by atoms with van der Waals surface area (Å²) in [6.45, 7) is 2.01. The van der Waals surface area contributed by atoms with Crippen molar-refractivity contribution in [2.45, 2.75) is 6.92 Å². The highest BCUT2D eigenvalue weighted by Crippen LogP contribution is 2.13. The Morgan fingerprint density at radius 2 is 2.25 bits per heavy atom. The zero-order valence-corrected chi connectivity index (χ0v) is 8.64. The molecule has 0 saturated carbocycles. The zero-order chi connectivity index (χ0) is 8.97. The number of hydrogen-bond acceptors (Lipinski definition) is 1. The minimum atomic E-state index is 0.853. The lowest BCUT2D eigenvalue weighted by atomic mass is 10.1. The minimum Gasteiger partial charge on any atom is -0.399 e. The molecule has 0 fully saturated rings. The van der Waals surface area contributed by atoms with E-state index in [4.69, 9.17) is 5.73 Å². The molecular formula is C10H12BrN. The number of hydrogen-bond donors (Lipinski definition) is 1. The molecule has 1 aromatic rings. The monoisotopic (exact) mass is 225 g/mol. The molecule has 0 heterocycles. The van der Waals surface area contributed by atoms with Crippen LogP contribution in [0.4, 0.5) is 5.69 Å². The second-order valence-electron chi connectivity index (χ2n) is 2.67. The third-order valence-corrected chi connectivity index (χ3v) is 2.07. The van der Waals surface area contributed by atoms with Crippen LogP contribution in [0.1, 0.15) is 11.1 Å². The number of nitrogens with two attached hydrogens (primary N) is 1. The Morgan fingerprint density at radius 3 is 2.83 bits per heavy atom. The van der Waals surface area contributed by atoms with Crippen LogP contribution in [-0.4, -0.2) is 5.33 Å². The van der Waals surface area contributed by atoms with E-state index in [2.05, 4.69) is 34.1 Å². The number of aryl methyl sites for hydroxylation is 1. The van der Waals surface area contributed by atoms with Gasteiger partial charge in [-0.25, -0.2) is 0 Å². The smallest absolute Gasteiger partial charge is 0.0344 e. The van der Waals surface area contributed by atoms with Gasteiger partial charge in [0.1, 0.15) is 0 Å². The summed E-state index contributed by atoms with van der Waals surface area (Å²) in [4.78, 5) is 0. The summed E-state index contributed by atoms with van der Waals surface area (Å²) in [5.41, 5.74) is 8.86. The van der Waals surface area contributed by atoms with E-state index in [1.807, 2.05) is 19.1 Å². The number of halogens is 1. The topological polar surface area (TPSA) is 26.0 Å². The molecule has 1 aromatic carbocycles. The minimum absolute atomic E-state index is 0.853. The Kier molecular flexibility index (Phi) is 3.35. The van der Waals surface area contributed by atoms with Crippen molar-refractivity contribution in [3.8, 4) is 0 Å². The molecule has 12 heavy (non-hydrogen) atoms. The summed E-state index contributed by atoms with van der Waals surface area (Å²) >= 11 is 3.33. The van der Waals surface area contributed by atoms with Crippen molar-refractivity contribution in [3.63, 3.8) is 0 Å². The lowest BCUT2D eigenvalue weighted by Gasteiger charge is -1.99. The third kappa shape index (κ3) is 2.38. The molecule has 0 amide bonds. The maximum absolute atomic E-state index is 5.68. The second kappa shape index (κ2) is 4.31. The zero-order valence-electron chi connectivity index (χ0n) is 7.05.